The van der Waals surface area contributed by atoms with Crippen LogP contribution >= 0.6 is 0 Å². The third-order valence-corrected chi connectivity index (χ3v) is 8.25. The van der Waals surface area contributed by atoms with Crippen molar-refractivity contribution in [2.24, 2.45) is 0 Å². The van der Waals surface area contributed by atoms with Crippen LogP contribution in [0.2, 0.25) is 0 Å². The summed E-state index contributed by atoms with van der Waals surface area (Å²) >= 11 is -0.216. The van der Waals surface area contributed by atoms with E-state index in [0.29, 0.717) is 45.9 Å². The monoisotopic (exact) mass is 656 g/mol. The van der Waals surface area contributed by atoms with Gasteiger partial charge in [0.1, 0.15) is 22.6 Å². The Balaban J connectivity index is 0.000000377. The maximum Gasteiger partial charge on any atom is 0.499 e. The van der Waals surface area contributed by atoms with E-state index in [1.807, 2.05) is 97.1 Å². The first kappa shape index (κ1) is 29.4. The molecule has 10 nitrogen and oxygen atoms in total. The van der Waals surface area contributed by atoms with Gasteiger partial charge in [0.15, 0.2) is 23.3 Å². The van der Waals surface area contributed by atoms with Crippen LogP contribution in [0.25, 0.3) is 89.7 Å². The molecular formula is C34H20AlF3N8O2. The minimum Gasteiger partial charge on any atom is -0.615 e. The zero-order valence-electron chi connectivity index (χ0n) is 24.9. The Morgan fingerprint density at radius 1 is 0.500 bits per heavy atom. The standard InChI is InChI=1S/C32H18N8.C2HF3O2.Al.2H/c1-2-10-18-17(9-1)25-33-26(18)38-28-21-13-5-6-14-22(21)30(35-28)40-32-24-16-8-7-15-23(24)31(36-32)39-29-20-12-4-3-11-19(20)27(34-29)37-25;3-2(4,5)1(6)7;;;/h1-16H,(H2,33,34,35,36,37,38,39,40);(H,6,7);;;/q;;+1;;/p-1. The second-order valence-electron chi connectivity index (χ2n) is 10.8. The van der Waals surface area contributed by atoms with Gasteiger partial charge >= 0.3 is 28.8 Å². The van der Waals surface area contributed by atoms with Crippen molar-refractivity contribution in [2.45, 2.75) is 6.18 Å². The maximum atomic E-state index is 11.0. The molecule has 48 heavy (non-hydrogen) atoms. The number of nitrogens with one attached hydrogen (secondary N) is 2. The Bertz CT molecular complexity index is 2280. The smallest absolute Gasteiger partial charge is 0.499 e. The van der Waals surface area contributed by atoms with Gasteiger partial charge in [-0.1, -0.05) is 97.1 Å². The van der Waals surface area contributed by atoms with E-state index >= 15 is 0 Å². The molecule has 9 rings (SSSR count). The second-order valence-corrected chi connectivity index (χ2v) is 11.2. The molecule has 0 saturated carbocycles. The Labute approximate surface area is 276 Å². The first-order chi connectivity index (χ1) is 23.3. The summed E-state index contributed by atoms with van der Waals surface area (Å²) in [5.74, 6) is 0.281. The fourth-order valence-corrected chi connectivity index (χ4v) is 5.94. The van der Waals surface area contributed by atoms with Crippen LogP contribution in [0.15, 0.2) is 97.1 Å². The Kier molecular flexibility index (Phi) is 6.98. The number of hydrogen-bond acceptors (Lipinski definition) is 8. The molecule has 0 spiro atoms. The van der Waals surface area contributed by atoms with E-state index in [1.54, 1.807) is 0 Å². The predicted octanol–water partition coefficient (Wildman–Crippen LogP) is 6.51. The molecule has 4 aromatic carbocycles. The van der Waals surface area contributed by atoms with Crippen molar-refractivity contribution in [2.75, 3.05) is 0 Å². The van der Waals surface area contributed by atoms with Crippen molar-refractivity contribution in [1.29, 1.82) is 0 Å². The van der Waals surface area contributed by atoms with Gasteiger partial charge < -0.3 is 13.8 Å². The van der Waals surface area contributed by atoms with E-state index in [0.717, 1.165) is 43.8 Å². The van der Waals surface area contributed by atoms with Crippen molar-refractivity contribution in [3.63, 3.8) is 0 Å². The minimum absolute atomic E-state index is 0.216. The average molecular weight is 657 g/mol. The largest absolute Gasteiger partial charge is 0.615 e. The van der Waals surface area contributed by atoms with E-state index in [-0.39, 0.29) is 16.6 Å². The van der Waals surface area contributed by atoms with Crippen LogP contribution in [-0.2, 0) is 8.58 Å². The molecule has 5 heterocycles. The first-order valence-electron chi connectivity index (χ1n) is 14.6. The minimum atomic E-state index is -4.82. The molecule has 2 aliphatic rings. The molecular weight excluding hydrogens is 636 g/mol. The number of alkyl halides is 3. The summed E-state index contributed by atoms with van der Waals surface area (Å²) in [6.07, 6.45) is -4.82. The number of nitrogens with zero attached hydrogens (tertiary/aromatic N) is 6. The SMILES string of the molecule is O=C([O][AlH2])C(F)(F)F.c1ccc2c(c1)-c1nc-2nc2[nH]c(nc3nc(nc4[nH]c(n1)c1ccccc41)-c1ccccc1-3)c1ccccc21. The number of carbonyl (C=O) groups excluding carboxylic acids is 1. The summed E-state index contributed by atoms with van der Waals surface area (Å²) in [5.41, 5.74) is 6.45. The van der Waals surface area contributed by atoms with E-state index in [2.05, 4.69) is 13.8 Å². The van der Waals surface area contributed by atoms with E-state index in [1.165, 1.54) is 0 Å². The number of fused-ring (bicyclic) bond motifs is 20. The Hall–Kier alpha value is -5.97. The van der Waals surface area contributed by atoms with Crippen molar-refractivity contribution >= 4 is 66.7 Å². The molecule has 2 aliphatic heterocycles. The predicted molar refractivity (Wildman–Crippen MR) is 177 cm³/mol. The summed E-state index contributed by atoms with van der Waals surface area (Å²) < 4.78 is 36.5. The van der Waals surface area contributed by atoms with Crippen LogP contribution in [-0.4, -0.2) is 68.6 Å². The number of H-pyrrole nitrogens is 2. The quantitative estimate of drug-likeness (QED) is 0.177. The molecule has 0 radical (unpaired) electrons. The molecule has 0 atom stereocenters. The topological polar surface area (TPSA) is 135 Å². The normalized spacial score (nSPS) is 11.8. The molecule has 2 N–H and O–H groups in total. The highest BCUT2D eigenvalue weighted by Gasteiger charge is 2.38. The second kappa shape index (κ2) is 11.4. The summed E-state index contributed by atoms with van der Waals surface area (Å²) in [4.78, 5) is 46.3. The lowest BCUT2D eigenvalue weighted by molar-refractivity contribution is -0.189. The first-order valence-corrected chi connectivity index (χ1v) is 15.4. The highest BCUT2D eigenvalue weighted by Crippen LogP contribution is 2.36. The molecule has 0 amide bonds. The lowest BCUT2D eigenvalue weighted by Gasteiger charge is -2.02. The van der Waals surface area contributed by atoms with Crippen LogP contribution in [0.5, 0.6) is 0 Å². The van der Waals surface area contributed by atoms with Crippen LogP contribution in [0, 0.1) is 0 Å². The zero-order valence-corrected chi connectivity index (χ0v) is 26.9. The van der Waals surface area contributed by atoms with Crippen LogP contribution in [0.1, 0.15) is 0 Å². The van der Waals surface area contributed by atoms with Gasteiger partial charge in [-0.25, -0.2) is 34.7 Å². The van der Waals surface area contributed by atoms with Crippen molar-refractivity contribution in [3.8, 4) is 45.6 Å². The number of hydrogen-bond donors (Lipinski definition) is 2. The van der Waals surface area contributed by atoms with Gasteiger partial charge in [-0.2, -0.15) is 13.2 Å². The van der Waals surface area contributed by atoms with Crippen LogP contribution in [0.3, 0.4) is 0 Å². The van der Waals surface area contributed by atoms with Crippen molar-refractivity contribution in [1.82, 2.24) is 39.9 Å². The third-order valence-electron chi connectivity index (χ3n) is 7.88. The molecule has 0 saturated heterocycles. The van der Waals surface area contributed by atoms with E-state index < -0.39 is 12.1 Å². The maximum absolute atomic E-state index is 11.0. The van der Waals surface area contributed by atoms with Crippen molar-refractivity contribution < 1.29 is 21.8 Å². The summed E-state index contributed by atoms with van der Waals surface area (Å²) in [7, 11) is 0. The van der Waals surface area contributed by atoms with Gasteiger partial charge in [0.2, 0.25) is 0 Å². The molecule has 232 valence electrons. The molecule has 7 aromatic rings. The highest BCUT2D eigenvalue weighted by molar-refractivity contribution is 6.07. The van der Waals surface area contributed by atoms with Gasteiger partial charge in [0.05, 0.1) is 0 Å². The fourth-order valence-electron chi connectivity index (χ4n) is 5.71. The van der Waals surface area contributed by atoms with E-state index in [4.69, 9.17) is 29.9 Å². The molecule has 14 heteroatoms. The number of aromatic nitrogens is 8. The summed E-state index contributed by atoms with van der Waals surface area (Å²) in [6, 6.07) is 32.2. The number of aromatic amines is 2. The van der Waals surface area contributed by atoms with Gasteiger partial charge in [-0.05, 0) is 0 Å². The number of rotatable bonds is 0. The van der Waals surface area contributed by atoms with E-state index in [9.17, 15) is 18.0 Å². The van der Waals surface area contributed by atoms with Crippen molar-refractivity contribution in [3.05, 3.63) is 97.1 Å². The van der Waals surface area contributed by atoms with Gasteiger partial charge in [-0.3, -0.25) is 0 Å². The van der Waals surface area contributed by atoms with Gasteiger partial charge in [-0.15, -0.1) is 0 Å². The molecule has 0 aliphatic carbocycles. The average Bonchev–Trinajstić information content (AvgIpc) is 3.83. The van der Waals surface area contributed by atoms with Gasteiger partial charge in [0.25, 0.3) is 0 Å². The number of carbonyl (C=O) groups is 1. The highest BCUT2D eigenvalue weighted by atomic mass is 27.1. The molecule has 3 aromatic heterocycles. The number of benzene rings is 4. The van der Waals surface area contributed by atoms with Gasteiger partial charge in [0, 0.05) is 43.8 Å². The zero-order chi connectivity index (χ0) is 33.0. The third kappa shape index (κ3) is 5.04. The summed E-state index contributed by atoms with van der Waals surface area (Å²) in [6.45, 7) is 0. The lowest BCUT2D eigenvalue weighted by atomic mass is 10.1. The Morgan fingerprint density at radius 2 is 0.771 bits per heavy atom. The van der Waals surface area contributed by atoms with Crippen LogP contribution < -0.4 is 0 Å². The van der Waals surface area contributed by atoms with Crippen LogP contribution in [0.4, 0.5) is 13.2 Å². The lowest BCUT2D eigenvalue weighted by Crippen LogP contribution is -2.24. The Morgan fingerprint density at radius 3 is 1.00 bits per heavy atom. The molecule has 8 bridgehead atoms. The summed E-state index contributed by atoms with van der Waals surface area (Å²) in [5, 5.41) is 3.82. The molecule has 0 unspecified atom stereocenters. The molecule has 0 fully saturated rings. The fraction of sp³-hybridized carbons (Fsp3) is 0.0294. The number of halogens is 3.